The van der Waals surface area contributed by atoms with Gasteiger partial charge < -0.3 is 16.4 Å². The fourth-order valence-electron chi connectivity index (χ4n) is 3.05. The van der Waals surface area contributed by atoms with Crippen LogP contribution in [0.4, 0.5) is 10.5 Å². The molecule has 1 aliphatic rings. The molecular weight excluding hydrogens is 302 g/mol. The molecule has 0 radical (unpaired) electrons. The molecule has 1 aliphatic carbocycles. The number of fused-ring (bicyclic) bond motifs is 3. The molecule has 3 amide bonds. The van der Waals surface area contributed by atoms with Crippen LogP contribution in [0.5, 0.6) is 0 Å². The van der Waals surface area contributed by atoms with Crippen molar-refractivity contribution in [1.82, 2.24) is 5.32 Å². The van der Waals surface area contributed by atoms with E-state index < -0.39 is 6.03 Å². The number of carbonyl (C=O) groups is 2. The Hall–Kier alpha value is -2.82. The minimum absolute atomic E-state index is 0.0136. The molecule has 0 saturated heterocycles. The standard InChI is InChI=1S/C19H21N3O2/c20-19(24)21-10-4-3-7-18(23)22-15-9-8-14-11-13-5-1-2-6-16(13)17(14)12-15/h1-2,5-6,8-9,12H,3-4,7,10-11H2,(H,22,23)(H3,20,21,24). The number of hydrogen-bond acceptors (Lipinski definition) is 2. The van der Waals surface area contributed by atoms with Crippen LogP contribution in [0.2, 0.25) is 0 Å². The number of nitrogens with two attached hydrogens (primary N) is 1. The van der Waals surface area contributed by atoms with Crippen molar-refractivity contribution in [2.24, 2.45) is 5.73 Å². The van der Waals surface area contributed by atoms with Crippen LogP contribution < -0.4 is 16.4 Å². The maximum Gasteiger partial charge on any atom is 0.312 e. The molecule has 5 heteroatoms. The smallest absolute Gasteiger partial charge is 0.312 e. The summed E-state index contributed by atoms with van der Waals surface area (Å²) < 4.78 is 0. The number of urea groups is 1. The van der Waals surface area contributed by atoms with Gasteiger partial charge in [0.05, 0.1) is 0 Å². The Bertz CT molecular complexity index is 771. The average Bonchev–Trinajstić information content (AvgIpc) is 2.92. The number of nitrogens with one attached hydrogen (secondary N) is 2. The lowest BCUT2D eigenvalue weighted by Crippen LogP contribution is -2.30. The number of amides is 3. The Labute approximate surface area is 141 Å². The van der Waals surface area contributed by atoms with Gasteiger partial charge in [-0.3, -0.25) is 4.79 Å². The van der Waals surface area contributed by atoms with Crippen LogP contribution >= 0.6 is 0 Å². The zero-order valence-corrected chi connectivity index (χ0v) is 13.5. The molecule has 0 spiro atoms. The predicted molar refractivity (Wildman–Crippen MR) is 94.8 cm³/mol. The van der Waals surface area contributed by atoms with Crippen molar-refractivity contribution in [3.63, 3.8) is 0 Å². The minimum Gasteiger partial charge on any atom is -0.352 e. The zero-order chi connectivity index (χ0) is 16.9. The van der Waals surface area contributed by atoms with Crippen LogP contribution in [-0.2, 0) is 11.2 Å². The van der Waals surface area contributed by atoms with Crippen LogP contribution in [0.3, 0.4) is 0 Å². The molecule has 0 aromatic heterocycles. The second-order valence-corrected chi connectivity index (χ2v) is 6.00. The van der Waals surface area contributed by atoms with Crippen LogP contribution in [0.15, 0.2) is 42.5 Å². The molecule has 3 rings (SSSR count). The van der Waals surface area contributed by atoms with E-state index in [2.05, 4.69) is 34.9 Å². The fourth-order valence-corrected chi connectivity index (χ4v) is 3.05. The highest BCUT2D eigenvalue weighted by Gasteiger charge is 2.18. The Morgan fingerprint density at radius 3 is 2.62 bits per heavy atom. The summed E-state index contributed by atoms with van der Waals surface area (Å²) in [5.74, 6) is -0.0136. The van der Waals surface area contributed by atoms with Crippen molar-refractivity contribution in [2.75, 3.05) is 11.9 Å². The summed E-state index contributed by atoms with van der Waals surface area (Å²) in [6.07, 6.45) is 2.81. The highest BCUT2D eigenvalue weighted by atomic mass is 16.2. The predicted octanol–water partition coefficient (Wildman–Crippen LogP) is 3.03. The molecule has 2 aromatic carbocycles. The van der Waals surface area contributed by atoms with Gasteiger partial charge in [-0.25, -0.2) is 4.79 Å². The number of anilines is 1. The summed E-state index contributed by atoms with van der Waals surface area (Å²) >= 11 is 0. The molecular formula is C19H21N3O2. The van der Waals surface area contributed by atoms with Crippen LogP contribution in [0, 0.1) is 0 Å². The summed E-state index contributed by atoms with van der Waals surface area (Å²) in [6, 6.07) is 13.9. The van der Waals surface area contributed by atoms with Gasteiger partial charge in [0.15, 0.2) is 0 Å². The monoisotopic (exact) mass is 323 g/mol. The maximum absolute atomic E-state index is 12.0. The van der Waals surface area contributed by atoms with Gasteiger partial charge in [-0.05, 0) is 53.6 Å². The van der Waals surface area contributed by atoms with Gasteiger partial charge in [0, 0.05) is 18.7 Å². The van der Waals surface area contributed by atoms with Crippen molar-refractivity contribution < 1.29 is 9.59 Å². The molecule has 0 heterocycles. The number of carbonyl (C=O) groups excluding carboxylic acids is 2. The third-order valence-corrected chi connectivity index (χ3v) is 4.21. The minimum atomic E-state index is -0.530. The van der Waals surface area contributed by atoms with Gasteiger partial charge >= 0.3 is 6.03 Å². The number of benzene rings is 2. The van der Waals surface area contributed by atoms with Crippen LogP contribution in [0.25, 0.3) is 11.1 Å². The molecule has 0 aliphatic heterocycles. The van der Waals surface area contributed by atoms with Gasteiger partial charge in [0.2, 0.25) is 5.91 Å². The lowest BCUT2D eigenvalue weighted by atomic mass is 10.1. The van der Waals surface area contributed by atoms with Crippen LogP contribution in [-0.4, -0.2) is 18.5 Å². The highest BCUT2D eigenvalue weighted by molar-refractivity contribution is 5.92. The molecule has 0 fully saturated rings. The average molecular weight is 323 g/mol. The Morgan fingerprint density at radius 2 is 1.79 bits per heavy atom. The van der Waals surface area contributed by atoms with Gasteiger partial charge in [0.1, 0.15) is 0 Å². The molecule has 0 bridgehead atoms. The largest absolute Gasteiger partial charge is 0.352 e. The Balaban J connectivity index is 1.56. The summed E-state index contributed by atoms with van der Waals surface area (Å²) in [5.41, 5.74) is 10.9. The summed E-state index contributed by atoms with van der Waals surface area (Å²) in [4.78, 5) is 22.6. The van der Waals surface area contributed by atoms with Crippen molar-refractivity contribution in [3.8, 4) is 11.1 Å². The lowest BCUT2D eigenvalue weighted by Gasteiger charge is -2.08. The van der Waals surface area contributed by atoms with Crippen molar-refractivity contribution in [2.45, 2.75) is 25.7 Å². The van der Waals surface area contributed by atoms with E-state index in [9.17, 15) is 9.59 Å². The molecule has 0 saturated carbocycles. The quantitative estimate of drug-likeness (QED) is 0.609. The molecule has 124 valence electrons. The van der Waals surface area contributed by atoms with E-state index in [-0.39, 0.29) is 5.91 Å². The Morgan fingerprint density at radius 1 is 1.00 bits per heavy atom. The third kappa shape index (κ3) is 3.74. The Kier molecular flexibility index (Phi) is 4.79. The maximum atomic E-state index is 12.0. The van der Waals surface area contributed by atoms with Gasteiger partial charge in [-0.2, -0.15) is 0 Å². The van der Waals surface area contributed by atoms with Crippen molar-refractivity contribution in [1.29, 1.82) is 0 Å². The first kappa shape index (κ1) is 16.1. The van der Waals surface area contributed by atoms with Gasteiger partial charge in [-0.15, -0.1) is 0 Å². The van der Waals surface area contributed by atoms with Crippen LogP contribution in [0.1, 0.15) is 30.4 Å². The van der Waals surface area contributed by atoms with Crippen molar-refractivity contribution in [3.05, 3.63) is 53.6 Å². The van der Waals surface area contributed by atoms with E-state index in [1.807, 2.05) is 18.2 Å². The topological polar surface area (TPSA) is 84.2 Å². The molecule has 2 aromatic rings. The van der Waals surface area contributed by atoms with E-state index in [0.29, 0.717) is 19.4 Å². The number of primary amides is 1. The van der Waals surface area contributed by atoms with Crippen molar-refractivity contribution >= 4 is 17.6 Å². The molecule has 5 nitrogen and oxygen atoms in total. The SMILES string of the molecule is NC(=O)NCCCCC(=O)Nc1ccc2c(c1)-c1ccccc1C2. The van der Waals surface area contributed by atoms with E-state index in [1.165, 1.54) is 22.3 Å². The highest BCUT2D eigenvalue weighted by Crippen LogP contribution is 2.37. The molecule has 0 unspecified atom stereocenters. The first-order valence-electron chi connectivity index (χ1n) is 8.18. The molecule has 0 atom stereocenters. The summed E-state index contributed by atoms with van der Waals surface area (Å²) in [5, 5.41) is 5.46. The molecule has 4 N–H and O–H groups in total. The zero-order valence-electron chi connectivity index (χ0n) is 13.5. The number of hydrogen-bond donors (Lipinski definition) is 3. The number of unbranched alkanes of at least 4 members (excludes halogenated alkanes) is 1. The lowest BCUT2D eigenvalue weighted by molar-refractivity contribution is -0.116. The van der Waals surface area contributed by atoms with Gasteiger partial charge in [0.25, 0.3) is 0 Å². The van der Waals surface area contributed by atoms with E-state index in [1.54, 1.807) is 0 Å². The van der Waals surface area contributed by atoms with E-state index in [4.69, 9.17) is 5.73 Å². The second kappa shape index (κ2) is 7.17. The first-order valence-corrected chi connectivity index (χ1v) is 8.18. The summed E-state index contributed by atoms with van der Waals surface area (Å²) in [6.45, 7) is 0.498. The first-order chi connectivity index (χ1) is 11.6. The van der Waals surface area contributed by atoms with Gasteiger partial charge in [-0.1, -0.05) is 30.3 Å². The second-order valence-electron chi connectivity index (χ2n) is 6.00. The molecule has 24 heavy (non-hydrogen) atoms. The van der Waals surface area contributed by atoms with E-state index in [0.717, 1.165) is 18.5 Å². The number of rotatable bonds is 6. The normalized spacial score (nSPS) is 11.5. The van der Waals surface area contributed by atoms with E-state index >= 15 is 0 Å². The third-order valence-electron chi connectivity index (χ3n) is 4.21. The summed E-state index contributed by atoms with van der Waals surface area (Å²) in [7, 11) is 0. The fraction of sp³-hybridized carbons (Fsp3) is 0.263.